The molecule has 7 heteroatoms. The third-order valence-corrected chi connectivity index (χ3v) is 5.06. The van der Waals surface area contributed by atoms with Crippen LogP contribution in [-0.4, -0.2) is 21.9 Å². The van der Waals surface area contributed by atoms with Crippen LogP contribution >= 0.6 is 11.8 Å². The SMILES string of the molecule is Cc1ccccc1-c1nnc(SCC(=O)Nc2ccccc2Oc2ccccc2)o1. The first-order valence-corrected chi connectivity index (χ1v) is 10.3. The number of carbonyl (C=O) groups is 1. The van der Waals surface area contributed by atoms with Gasteiger partial charge in [-0.25, -0.2) is 0 Å². The lowest BCUT2D eigenvalue weighted by Crippen LogP contribution is -2.14. The van der Waals surface area contributed by atoms with Crippen molar-refractivity contribution in [2.75, 3.05) is 11.1 Å². The summed E-state index contributed by atoms with van der Waals surface area (Å²) in [7, 11) is 0. The van der Waals surface area contributed by atoms with Crippen molar-refractivity contribution in [2.45, 2.75) is 12.1 Å². The fourth-order valence-electron chi connectivity index (χ4n) is 2.78. The number of anilines is 1. The van der Waals surface area contributed by atoms with Crippen LogP contribution in [0.15, 0.2) is 88.5 Å². The van der Waals surface area contributed by atoms with E-state index < -0.39 is 0 Å². The Morgan fingerprint density at radius 3 is 2.53 bits per heavy atom. The molecule has 0 unspecified atom stereocenters. The quantitative estimate of drug-likeness (QED) is 0.396. The minimum atomic E-state index is -0.195. The van der Waals surface area contributed by atoms with E-state index in [9.17, 15) is 4.79 Å². The fraction of sp³-hybridized carbons (Fsp3) is 0.0870. The fourth-order valence-corrected chi connectivity index (χ4v) is 3.34. The van der Waals surface area contributed by atoms with Crippen molar-refractivity contribution < 1.29 is 13.9 Å². The second kappa shape index (κ2) is 9.28. The Bertz CT molecular complexity index is 1150. The second-order valence-corrected chi connectivity index (χ2v) is 7.36. The van der Waals surface area contributed by atoms with Crippen molar-refractivity contribution in [3.05, 3.63) is 84.4 Å². The molecule has 0 bridgehead atoms. The number of aryl methyl sites for hydroxylation is 1. The highest BCUT2D eigenvalue weighted by atomic mass is 32.2. The van der Waals surface area contributed by atoms with Gasteiger partial charge in [-0.3, -0.25) is 4.79 Å². The Morgan fingerprint density at radius 1 is 0.967 bits per heavy atom. The van der Waals surface area contributed by atoms with Crippen LogP contribution in [0.3, 0.4) is 0 Å². The van der Waals surface area contributed by atoms with Gasteiger partial charge >= 0.3 is 0 Å². The monoisotopic (exact) mass is 417 g/mol. The molecule has 30 heavy (non-hydrogen) atoms. The zero-order valence-corrected chi connectivity index (χ0v) is 17.1. The number of amides is 1. The normalized spacial score (nSPS) is 10.6. The van der Waals surface area contributed by atoms with Gasteiger partial charge in [-0.05, 0) is 42.8 Å². The van der Waals surface area contributed by atoms with Crippen molar-refractivity contribution in [1.29, 1.82) is 0 Å². The number of para-hydroxylation sites is 3. The Kier molecular flexibility index (Phi) is 6.10. The molecule has 0 aliphatic carbocycles. The molecule has 0 spiro atoms. The number of rotatable bonds is 7. The van der Waals surface area contributed by atoms with Crippen molar-refractivity contribution in [3.63, 3.8) is 0 Å². The number of hydrogen-bond acceptors (Lipinski definition) is 6. The molecule has 0 radical (unpaired) electrons. The summed E-state index contributed by atoms with van der Waals surface area (Å²) in [5.74, 6) is 1.65. The first kappa shape index (κ1) is 19.7. The summed E-state index contributed by atoms with van der Waals surface area (Å²) in [5.41, 5.74) is 2.52. The van der Waals surface area contributed by atoms with E-state index >= 15 is 0 Å². The molecule has 0 saturated carbocycles. The molecule has 1 N–H and O–H groups in total. The molecule has 0 atom stereocenters. The van der Waals surface area contributed by atoms with Crippen LogP contribution in [0.25, 0.3) is 11.5 Å². The number of aromatic nitrogens is 2. The largest absolute Gasteiger partial charge is 0.455 e. The van der Waals surface area contributed by atoms with E-state index in [4.69, 9.17) is 9.15 Å². The highest BCUT2D eigenvalue weighted by Crippen LogP contribution is 2.30. The number of hydrogen-bond donors (Lipinski definition) is 1. The average Bonchev–Trinajstić information content (AvgIpc) is 3.24. The minimum absolute atomic E-state index is 0.134. The molecular weight excluding hydrogens is 398 g/mol. The van der Waals surface area contributed by atoms with Crippen LogP contribution in [0, 0.1) is 6.92 Å². The summed E-state index contributed by atoms with van der Waals surface area (Å²) in [6, 6.07) is 24.5. The lowest BCUT2D eigenvalue weighted by Gasteiger charge is -2.11. The van der Waals surface area contributed by atoms with Gasteiger partial charge in [0.05, 0.1) is 11.4 Å². The van der Waals surface area contributed by atoms with E-state index in [1.54, 1.807) is 6.07 Å². The van der Waals surface area contributed by atoms with Crippen molar-refractivity contribution in [2.24, 2.45) is 0 Å². The molecule has 0 aliphatic rings. The van der Waals surface area contributed by atoms with E-state index in [0.29, 0.717) is 28.3 Å². The summed E-state index contributed by atoms with van der Waals surface area (Å²) in [6.07, 6.45) is 0. The first-order chi connectivity index (χ1) is 14.7. The molecule has 0 fully saturated rings. The molecule has 1 amide bonds. The molecule has 0 aliphatic heterocycles. The second-order valence-electron chi connectivity index (χ2n) is 6.44. The number of benzene rings is 3. The predicted molar refractivity (Wildman–Crippen MR) is 117 cm³/mol. The Morgan fingerprint density at radius 2 is 1.70 bits per heavy atom. The van der Waals surface area contributed by atoms with E-state index in [2.05, 4.69) is 15.5 Å². The van der Waals surface area contributed by atoms with Crippen LogP contribution in [0.4, 0.5) is 5.69 Å². The maximum Gasteiger partial charge on any atom is 0.277 e. The van der Waals surface area contributed by atoms with Gasteiger partial charge in [0.15, 0.2) is 5.75 Å². The van der Waals surface area contributed by atoms with E-state index in [0.717, 1.165) is 11.1 Å². The van der Waals surface area contributed by atoms with Gasteiger partial charge in [-0.2, -0.15) is 0 Å². The zero-order valence-electron chi connectivity index (χ0n) is 16.2. The number of ether oxygens (including phenoxy) is 1. The molecule has 1 heterocycles. The van der Waals surface area contributed by atoms with E-state index in [-0.39, 0.29) is 11.7 Å². The number of nitrogens with zero attached hydrogens (tertiary/aromatic N) is 2. The van der Waals surface area contributed by atoms with Crippen LogP contribution < -0.4 is 10.1 Å². The summed E-state index contributed by atoms with van der Waals surface area (Å²) in [4.78, 5) is 12.4. The summed E-state index contributed by atoms with van der Waals surface area (Å²) >= 11 is 1.19. The van der Waals surface area contributed by atoms with Gasteiger partial charge in [-0.1, -0.05) is 60.3 Å². The van der Waals surface area contributed by atoms with Crippen LogP contribution in [0.1, 0.15) is 5.56 Å². The molecule has 4 rings (SSSR count). The minimum Gasteiger partial charge on any atom is -0.455 e. The molecule has 6 nitrogen and oxygen atoms in total. The van der Waals surface area contributed by atoms with Crippen LogP contribution in [0.2, 0.25) is 0 Å². The highest BCUT2D eigenvalue weighted by molar-refractivity contribution is 7.99. The van der Waals surface area contributed by atoms with Crippen LogP contribution in [0.5, 0.6) is 11.5 Å². The predicted octanol–water partition coefficient (Wildman–Crippen LogP) is 5.57. The smallest absolute Gasteiger partial charge is 0.277 e. The van der Waals surface area contributed by atoms with Crippen molar-refractivity contribution in [3.8, 4) is 23.0 Å². The third kappa shape index (κ3) is 4.87. The molecule has 4 aromatic rings. The third-order valence-electron chi connectivity index (χ3n) is 4.24. The summed E-state index contributed by atoms with van der Waals surface area (Å²) < 4.78 is 11.6. The molecule has 1 aromatic heterocycles. The number of nitrogens with one attached hydrogen (secondary N) is 1. The molecular formula is C23H19N3O3S. The lowest BCUT2D eigenvalue weighted by molar-refractivity contribution is -0.113. The number of carbonyl (C=O) groups excluding carboxylic acids is 1. The van der Waals surface area contributed by atoms with Gasteiger partial charge in [0.1, 0.15) is 5.75 Å². The maximum atomic E-state index is 12.4. The molecule has 3 aromatic carbocycles. The average molecular weight is 417 g/mol. The van der Waals surface area contributed by atoms with Crippen molar-refractivity contribution >= 4 is 23.4 Å². The van der Waals surface area contributed by atoms with Gasteiger partial charge in [0.25, 0.3) is 5.22 Å². The van der Waals surface area contributed by atoms with Gasteiger partial charge in [-0.15, -0.1) is 10.2 Å². The lowest BCUT2D eigenvalue weighted by atomic mass is 10.1. The molecule has 0 saturated heterocycles. The summed E-state index contributed by atoms with van der Waals surface area (Å²) in [6.45, 7) is 1.98. The number of thioether (sulfide) groups is 1. The van der Waals surface area contributed by atoms with Crippen LogP contribution in [-0.2, 0) is 4.79 Å². The maximum absolute atomic E-state index is 12.4. The van der Waals surface area contributed by atoms with E-state index in [1.165, 1.54) is 11.8 Å². The zero-order chi connectivity index (χ0) is 20.8. The Balaban J connectivity index is 1.38. The Hall–Kier alpha value is -3.58. The van der Waals surface area contributed by atoms with Gasteiger partial charge in [0.2, 0.25) is 11.8 Å². The van der Waals surface area contributed by atoms with E-state index in [1.807, 2.05) is 79.7 Å². The van der Waals surface area contributed by atoms with Gasteiger partial charge < -0.3 is 14.5 Å². The highest BCUT2D eigenvalue weighted by Gasteiger charge is 2.14. The first-order valence-electron chi connectivity index (χ1n) is 9.33. The molecule has 150 valence electrons. The van der Waals surface area contributed by atoms with Crippen molar-refractivity contribution in [1.82, 2.24) is 10.2 Å². The summed E-state index contributed by atoms with van der Waals surface area (Å²) in [5, 5.41) is 11.3. The topological polar surface area (TPSA) is 77.2 Å². The van der Waals surface area contributed by atoms with Gasteiger partial charge in [0, 0.05) is 5.56 Å². The Labute approximate surface area is 178 Å². The standard InChI is InChI=1S/C23H19N3O3S/c1-16-9-5-6-12-18(16)22-25-26-23(29-22)30-15-21(27)24-19-13-7-8-14-20(19)28-17-10-3-2-4-11-17/h2-14H,15H2,1H3,(H,24,27).